The molecule has 0 spiro atoms. The highest BCUT2D eigenvalue weighted by Crippen LogP contribution is 2.32. The third kappa shape index (κ3) is 12.9. The van der Waals surface area contributed by atoms with Crippen molar-refractivity contribution in [1.82, 2.24) is 20.9 Å². The number of cyclic esters (lactones) is 2. The zero-order valence-electron chi connectivity index (χ0n) is 33.1. The van der Waals surface area contributed by atoms with Gasteiger partial charge in [-0.3, -0.25) is 24.4 Å². The van der Waals surface area contributed by atoms with Crippen LogP contribution in [0.1, 0.15) is 38.8 Å². The SMILES string of the molecule is CCN1CCN=C1c1ccc(N2C[C@H](CNC(=O)c3ccc(Cl)s3)OC2=O)cc1Cl.CCNCCN.[C-]#[N+]c1ccc(N2C[C@H](CNC(=O)c3ccc(Cl)s3)OC2=O)cc1Cl. The largest absolute Gasteiger partial charge is 0.442 e. The van der Waals surface area contributed by atoms with Gasteiger partial charge in [0.2, 0.25) is 5.69 Å². The van der Waals surface area contributed by atoms with Gasteiger partial charge in [0.05, 0.1) is 62.7 Å². The summed E-state index contributed by atoms with van der Waals surface area (Å²) in [6.07, 6.45) is -1.92. The molecule has 0 bridgehead atoms. The summed E-state index contributed by atoms with van der Waals surface area (Å²) in [6, 6.07) is 16.8. The molecule has 3 aliphatic rings. The van der Waals surface area contributed by atoms with Crippen LogP contribution in [0.3, 0.4) is 0 Å². The summed E-state index contributed by atoms with van der Waals surface area (Å²) in [5.74, 6) is 0.370. The maximum Gasteiger partial charge on any atom is 0.414 e. The molecular formula is C40H43Cl4N9O6S2. The number of aliphatic imine (C=N–C) groups is 1. The highest BCUT2D eigenvalue weighted by atomic mass is 35.5. The number of anilines is 2. The summed E-state index contributed by atoms with van der Waals surface area (Å²) in [7, 11) is 0. The lowest BCUT2D eigenvalue weighted by Crippen LogP contribution is -2.34. The van der Waals surface area contributed by atoms with Gasteiger partial charge in [-0.15, -0.1) is 22.7 Å². The summed E-state index contributed by atoms with van der Waals surface area (Å²) in [5, 5.41) is 9.37. The van der Waals surface area contributed by atoms with Crippen LogP contribution in [0.15, 0.2) is 65.7 Å². The van der Waals surface area contributed by atoms with Crippen molar-refractivity contribution in [2.24, 2.45) is 10.7 Å². The fraction of sp³-hybridized carbons (Fsp3) is 0.350. The van der Waals surface area contributed by atoms with E-state index in [1.165, 1.54) is 32.5 Å². The molecule has 0 radical (unpaired) electrons. The van der Waals surface area contributed by atoms with Crippen LogP contribution in [-0.4, -0.2) is 112 Å². The average molecular weight is 952 g/mol. The van der Waals surface area contributed by atoms with E-state index < -0.39 is 24.4 Å². The maximum atomic E-state index is 12.4. The Morgan fingerprint density at radius 2 is 1.38 bits per heavy atom. The number of carbonyl (C=O) groups excluding carboxylic acids is 4. The molecule has 5 N–H and O–H groups in total. The number of hydrogen-bond donors (Lipinski definition) is 4. The van der Waals surface area contributed by atoms with Crippen LogP contribution in [0.2, 0.25) is 18.7 Å². The van der Waals surface area contributed by atoms with E-state index in [2.05, 4.69) is 44.5 Å². The predicted molar refractivity (Wildman–Crippen MR) is 244 cm³/mol. The van der Waals surface area contributed by atoms with Crippen LogP contribution in [0.5, 0.6) is 0 Å². The molecule has 2 atom stereocenters. The zero-order valence-corrected chi connectivity index (χ0v) is 37.7. The van der Waals surface area contributed by atoms with Crippen LogP contribution in [0, 0.1) is 6.57 Å². The number of ether oxygens (including phenoxy) is 2. The maximum absolute atomic E-state index is 12.4. The van der Waals surface area contributed by atoms with Gasteiger partial charge >= 0.3 is 12.2 Å². The minimum absolute atomic E-state index is 0.185. The number of nitrogens with one attached hydrogen (secondary N) is 3. The Bertz CT molecular complexity index is 2260. The van der Waals surface area contributed by atoms with Gasteiger partial charge in [-0.2, -0.15) is 0 Å². The third-order valence-electron chi connectivity index (χ3n) is 9.08. The van der Waals surface area contributed by atoms with E-state index >= 15 is 0 Å². The normalized spacial score (nSPS) is 16.8. The van der Waals surface area contributed by atoms with Crippen molar-refractivity contribution in [1.29, 1.82) is 0 Å². The lowest BCUT2D eigenvalue weighted by molar-refractivity contribution is 0.0915. The molecule has 2 fully saturated rings. The summed E-state index contributed by atoms with van der Waals surface area (Å²) in [6.45, 7) is 17.3. The van der Waals surface area contributed by atoms with Gasteiger partial charge < -0.3 is 36.1 Å². The molecule has 0 aliphatic carbocycles. The zero-order chi connectivity index (χ0) is 44.1. The van der Waals surface area contributed by atoms with E-state index in [1.54, 1.807) is 48.5 Å². The van der Waals surface area contributed by atoms with Crippen molar-refractivity contribution < 1.29 is 28.7 Å². The second kappa shape index (κ2) is 23.0. The molecule has 2 saturated heterocycles. The van der Waals surface area contributed by atoms with Gasteiger partial charge in [0, 0.05) is 48.1 Å². The molecule has 0 saturated carbocycles. The van der Waals surface area contributed by atoms with E-state index in [-0.39, 0.29) is 36.5 Å². The molecule has 0 unspecified atom stereocenters. The summed E-state index contributed by atoms with van der Waals surface area (Å²) in [5.41, 5.74) is 7.51. The Morgan fingerprint density at radius 3 is 1.80 bits per heavy atom. The summed E-state index contributed by atoms with van der Waals surface area (Å²) in [4.78, 5) is 62.5. The van der Waals surface area contributed by atoms with E-state index in [0.29, 0.717) is 47.1 Å². The first-order valence-electron chi connectivity index (χ1n) is 19.1. The molecule has 4 aromatic rings. The number of hydrogen-bond acceptors (Lipinski definition) is 12. The first-order chi connectivity index (χ1) is 29.3. The van der Waals surface area contributed by atoms with Crippen molar-refractivity contribution in [2.45, 2.75) is 26.1 Å². The van der Waals surface area contributed by atoms with Crippen LogP contribution < -0.4 is 31.5 Å². The predicted octanol–water partition coefficient (Wildman–Crippen LogP) is 7.81. The van der Waals surface area contributed by atoms with Gasteiger partial charge in [-0.1, -0.05) is 59.4 Å². The fourth-order valence-corrected chi connectivity index (χ4v) is 8.46. The molecule has 2 aromatic heterocycles. The Morgan fingerprint density at radius 1 is 0.836 bits per heavy atom. The summed E-state index contributed by atoms with van der Waals surface area (Å²) < 4.78 is 11.7. The van der Waals surface area contributed by atoms with Crippen molar-refractivity contribution in [3.63, 3.8) is 0 Å². The molecule has 61 heavy (non-hydrogen) atoms. The quantitative estimate of drug-likeness (QED) is 0.0770. The highest BCUT2D eigenvalue weighted by Gasteiger charge is 2.34. The molecule has 15 nitrogen and oxygen atoms in total. The van der Waals surface area contributed by atoms with Crippen LogP contribution >= 0.6 is 69.1 Å². The lowest BCUT2D eigenvalue weighted by Gasteiger charge is -2.20. The molecule has 4 amide bonds. The molecule has 324 valence electrons. The van der Waals surface area contributed by atoms with Gasteiger partial charge in [0.15, 0.2) is 0 Å². The minimum atomic E-state index is -0.523. The Kier molecular flexibility index (Phi) is 17.9. The number of benzene rings is 2. The van der Waals surface area contributed by atoms with Crippen LogP contribution in [-0.2, 0) is 9.47 Å². The van der Waals surface area contributed by atoms with E-state index in [0.717, 1.165) is 50.7 Å². The van der Waals surface area contributed by atoms with E-state index in [4.69, 9.17) is 68.2 Å². The Balaban J connectivity index is 0.000000206. The van der Waals surface area contributed by atoms with Gasteiger partial charge in [-0.25, -0.2) is 14.4 Å². The number of nitrogens with zero attached hydrogens (tertiary/aromatic N) is 5. The van der Waals surface area contributed by atoms with Crippen LogP contribution in [0.25, 0.3) is 4.85 Å². The Hall–Kier alpha value is -4.64. The molecule has 3 aliphatic heterocycles. The number of amides is 4. The van der Waals surface area contributed by atoms with Crippen molar-refractivity contribution in [3.05, 3.63) is 106 Å². The minimum Gasteiger partial charge on any atom is -0.442 e. The number of nitrogens with two attached hydrogens (primary N) is 1. The van der Waals surface area contributed by atoms with E-state index in [1.807, 2.05) is 12.1 Å². The standard InChI is InChI=1S/C20H20Cl2N4O3S.C16H11Cl2N3O3S.C4H12N2/c1-2-25-8-7-23-18(25)14-4-3-12(9-15(14)21)26-11-13(29-20(26)28)10-24-19(27)16-5-6-17(22)30-16;1-19-12-3-2-9(6-11(12)17)21-8-10(24-16(21)23)7-20-15(22)13-4-5-14(18)25-13;1-2-6-4-3-5/h3-6,9,13H,2,7-8,10-11H2,1H3,(H,24,27);2-6,10H,7-8H2,(H,20,22);6H,2-5H2,1H3/t13-;10-;/m00./s1. The monoisotopic (exact) mass is 949 g/mol. The van der Waals surface area contributed by atoms with Crippen molar-refractivity contribution >= 4 is 116 Å². The highest BCUT2D eigenvalue weighted by molar-refractivity contribution is 7.18. The number of amidine groups is 1. The molecule has 7 rings (SSSR count). The van der Waals surface area contributed by atoms with Gasteiger partial charge in [0.1, 0.15) is 18.0 Å². The summed E-state index contributed by atoms with van der Waals surface area (Å²) >= 11 is 26.6. The molecule has 21 heteroatoms. The number of rotatable bonds is 13. The average Bonchev–Trinajstić information content (AvgIpc) is 4.11. The number of carbonyl (C=O) groups is 4. The smallest absolute Gasteiger partial charge is 0.414 e. The Labute approximate surface area is 381 Å². The fourth-order valence-electron chi connectivity index (χ4n) is 6.07. The number of thiophene rings is 2. The third-order valence-corrected chi connectivity index (χ3v) is 12.2. The first-order valence-corrected chi connectivity index (χ1v) is 22.2. The number of halogens is 4. The molecule has 2 aromatic carbocycles. The van der Waals surface area contributed by atoms with Crippen LogP contribution in [0.4, 0.5) is 26.7 Å². The topological polar surface area (TPSA) is 175 Å². The number of likely N-dealkylation sites (N-methyl/N-ethyl adjacent to an activating group) is 2. The van der Waals surface area contributed by atoms with Gasteiger partial charge in [0.25, 0.3) is 11.8 Å². The van der Waals surface area contributed by atoms with E-state index in [9.17, 15) is 19.2 Å². The lowest BCUT2D eigenvalue weighted by atomic mass is 10.1. The van der Waals surface area contributed by atoms with Crippen molar-refractivity contribution in [3.8, 4) is 0 Å². The second-order valence-electron chi connectivity index (χ2n) is 13.2. The van der Waals surface area contributed by atoms with Crippen molar-refractivity contribution in [2.75, 3.05) is 75.2 Å². The second-order valence-corrected chi connectivity index (χ2v) is 17.4. The molecular weight excluding hydrogens is 908 g/mol. The molecule has 5 heterocycles. The first kappa shape index (κ1) is 47.4. The van der Waals surface area contributed by atoms with Gasteiger partial charge in [-0.05, 0) is 68.1 Å².